The number of anilines is 1. The van der Waals surface area contributed by atoms with Gasteiger partial charge in [-0.1, -0.05) is 24.3 Å². The van der Waals surface area contributed by atoms with Gasteiger partial charge in [0.25, 0.3) is 0 Å². The molecule has 122 valence electrons. The van der Waals surface area contributed by atoms with Gasteiger partial charge in [-0.15, -0.1) is 0 Å². The molecule has 2 aromatic rings. The molecule has 2 aromatic carbocycles. The molecule has 0 bridgehead atoms. The van der Waals surface area contributed by atoms with E-state index in [-0.39, 0.29) is 4.90 Å². The molecule has 2 N–H and O–H groups in total. The van der Waals surface area contributed by atoms with Gasteiger partial charge in [0, 0.05) is 5.69 Å². The highest BCUT2D eigenvalue weighted by Crippen LogP contribution is 2.14. The maximum absolute atomic E-state index is 12.2. The summed E-state index contributed by atoms with van der Waals surface area (Å²) in [5.74, 6) is -0.408. The van der Waals surface area contributed by atoms with E-state index in [1.807, 2.05) is 32.0 Å². The highest BCUT2D eigenvalue weighted by atomic mass is 32.2. The van der Waals surface area contributed by atoms with Crippen molar-refractivity contribution in [2.75, 3.05) is 5.32 Å². The van der Waals surface area contributed by atoms with Gasteiger partial charge < -0.3 is 5.32 Å². The van der Waals surface area contributed by atoms with Crippen molar-refractivity contribution in [1.29, 1.82) is 0 Å². The van der Waals surface area contributed by atoms with Gasteiger partial charge >= 0.3 is 0 Å². The van der Waals surface area contributed by atoms with Crippen LogP contribution in [0.2, 0.25) is 0 Å². The maximum atomic E-state index is 12.2. The Bertz CT molecular complexity index is 782. The van der Waals surface area contributed by atoms with Crippen LogP contribution in [0.5, 0.6) is 0 Å². The average molecular weight is 332 g/mol. The summed E-state index contributed by atoms with van der Waals surface area (Å²) in [6.45, 7) is 5.38. The topological polar surface area (TPSA) is 75.3 Å². The number of hydrogen-bond acceptors (Lipinski definition) is 3. The zero-order valence-electron chi connectivity index (χ0n) is 13.3. The summed E-state index contributed by atoms with van der Waals surface area (Å²) < 4.78 is 26.8. The molecule has 0 spiro atoms. The van der Waals surface area contributed by atoms with Crippen LogP contribution in [-0.2, 0) is 14.8 Å². The number of benzene rings is 2. The third-order valence-corrected chi connectivity index (χ3v) is 4.82. The number of sulfonamides is 1. The Hall–Kier alpha value is -2.18. The minimum atomic E-state index is -3.72. The minimum absolute atomic E-state index is 0.131. The van der Waals surface area contributed by atoms with Crippen LogP contribution < -0.4 is 10.0 Å². The van der Waals surface area contributed by atoms with Crippen LogP contribution in [-0.4, -0.2) is 20.4 Å². The second-order valence-corrected chi connectivity index (χ2v) is 7.24. The Kier molecular flexibility index (Phi) is 5.18. The van der Waals surface area contributed by atoms with Gasteiger partial charge in [0.15, 0.2) is 0 Å². The number of carbonyl (C=O) groups excluding carboxylic acids is 1. The molecule has 0 saturated carbocycles. The van der Waals surface area contributed by atoms with Crippen molar-refractivity contribution in [2.45, 2.75) is 31.7 Å². The number of carbonyl (C=O) groups is 1. The lowest BCUT2D eigenvalue weighted by atomic mass is 10.1. The highest BCUT2D eigenvalue weighted by molar-refractivity contribution is 7.89. The smallest absolute Gasteiger partial charge is 0.242 e. The van der Waals surface area contributed by atoms with Gasteiger partial charge in [0.2, 0.25) is 15.9 Å². The van der Waals surface area contributed by atoms with E-state index in [0.717, 1.165) is 11.1 Å². The van der Waals surface area contributed by atoms with E-state index in [0.29, 0.717) is 5.69 Å². The molecule has 0 radical (unpaired) electrons. The van der Waals surface area contributed by atoms with Crippen molar-refractivity contribution in [3.05, 3.63) is 59.7 Å². The lowest BCUT2D eigenvalue weighted by molar-refractivity contribution is -0.117. The van der Waals surface area contributed by atoms with Crippen LogP contribution in [0.1, 0.15) is 18.1 Å². The summed E-state index contributed by atoms with van der Waals surface area (Å²) in [4.78, 5) is 12.3. The summed E-state index contributed by atoms with van der Waals surface area (Å²) in [6, 6.07) is 12.7. The number of aryl methyl sites for hydroxylation is 2. The Morgan fingerprint density at radius 2 is 1.57 bits per heavy atom. The first-order valence-electron chi connectivity index (χ1n) is 7.24. The molecule has 1 amide bonds. The van der Waals surface area contributed by atoms with Gasteiger partial charge in [0.05, 0.1) is 10.9 Å². The average Bonchev–Trinajstić information content (AvgIpc) is 2.46. The summed E-state index contributed by atoms with van der Waals surface area (Å²) in [5.41, 5.74) is 2.70. The van der Waals surface area contributed by atoms with E-state index in [2.05, 4.69) is 10.0 Å². The monoisotopic (exact) mass is 332 g/mol. The van der Waals surface area contributed by atoms with E-state index >= 15 is 0 Å². The van der Waals surface area contributed by atoms with Gasteiger partial charge in [0.1, 0.15) is 0 Å². The lowest BCUT2D eigenvalue weighted by Gasteiger charge is -2.15. The number of nitrogens with one attached hydrogen (secondary N) is 2. The molecule has 0 aliphatic rings. The van der Waals surface area contributed by atoms with Crippen LogP contribution in [0.3, 0.4) is 0 Å². The first kappa shape index (κ1) is 17.2. The fourth-order valence-corrected chi connectivity index (χ4v) is 3.48. The lowest BCUT2D eigenvalue weighted by Crippen LogP contribution is -2.41. The van der Waals surface area contributed by atoms with Crippen molar-refractivity contribution in [1.82, 2.24) is 4.72 Å². The zero-order valence-corrected chi connectivity index (χ0v) is 14.1. The fraction of sp³-hybridized carbons (Fsp3) is 0.235. The third kappa shape index (κ3) is 4.64. The second-order valence-electron chi connectivity index (χ2n) is 5.52. The molecule has 0 unspecified atom stereocenters. The zero-order chi connectivity index (χ0) is 17.0. The Morgan fingerprint density at radius 3 is 2.13 bits per heavy atom. The first-order valence-corrected chi connectivity index (χ1v) is 8.73. The molecule has 2 rings (SSSR count). The Balaban J connectivity index is 2.08. The number of amides is 1. The predicted octanol–water partition coefficient (Wildman–Crippen LogP) is 2.61. The van der Waals surface area contributed by atoms with Gasteiger partial charge in [-0.25, -0.2) is 8.42 Å². The van der Waals surface area contributed by atoms with E-state index in [9.17, 15) is 13.2 Å². The molecule has 0 heterocycles. The molecule has 23 heavy (non-hydrogen) atoms. The fourth-order valence-electron chi connectivity index (χ4n) is 2.25. The molecule has 0 aromatic heterocycles. The van der Waals surface area contributed by atoms with Crippen LogP contribution in [0.4, 0.5) is 5.69 Å². The normalized spacial score (nSPS) is 12.7. The predicted molar refractivity (Wildman–Crippen MR) is 90.8 cm³/mol. The van der Waals surface area contributed by atoms with E-state index < -0.39 is 22.0 Å². The van der Waals surface area contributed by atoms with Gasteiger partial charge in [-0.3, -0.25) is 4.79 Å². The van der Waals surface area contributed by atoms with E-state index in [1.165, 1.54) is 19.1 Å². The Morgan fingerprint density at radius 1 is 1.00 bits per heavy atom. The second kappa shape index (κ2) is 6.93. The number of hydrogen-bond donors (Lipinski definition) is 2. The summed E-state index contributed by atoms with van der Waals surface area (Å²) in [5, 5.41) is 2.73. The maximum Gasteiger partial charge on any atom is 0.242 e. The molecule has 0 fully saturated rings. The number of rotatable bonds is 5. The van der Waals surface area contributed by atoms with Crippen LogP contribution >= 0.6 is 0 Å². The minimum Gasteiger partial charge on any atom is -0.325 e. The largest absolute Gasteiger partial charge is 0.325 e. The summed E-state index contributed by atoms with van der Waals surface area (Å²) in [7, 11) is -3.72. The van der Waals surface area contributed by atoms with Gasteiger partial charge in [-0.05, 0) is 56.2 Å². The molecule has 0 aliphatic heterocycles. The van der Waals surface area contributed by atoms with Gasteiger partial charge in [-0.2, -0.15) is 4.72 Å². The van der Waals surface area contributed by atoms with Crippen molar-refractivity contribution >= 4 is 21.6 Å². The van der Waals surface area contributed by atoms with Crippen LogP contribution in [0.25, 0.3) is 0 Å². The summed E-state index contributed by atoms with van der Waals surface area (Å²) in [6.07, 6.45) is 0. The summed E-state index contributed by atoms with van der Waals surface area (Å²) >= 11 is 0. The third-order valence-electron chi connectivity index (χ3n) is 3.27. The van der Waals surface area contributed by atoms with Crippen LogP contribution in [0.15, 0.2) is 53.4 Å². The van der Waals surface area contributed by atoms with Crippen molar-refractivity contribution in [3.8, 4) is 0 Å². The SMILES string of the molecule is Cc1cc(C)cc(NC(=O)[C@@H](C)NS(=O)(=O)c2ccccc2)c1. The molecular weight excluding hydrogens is 312 g/mol. The highest BCUT2D eigenvalue weighted by Gasteiger charge is 2.21. The van der Waals surface area contributed by atoms with E-state index in [1.54, 1.807) is 18.2 Å². The molecule has 6 heteroatoms. The molecule has 0 aliphatic carbocycles. The van der Waals surface area contributed by atoms with Crippen molar-refractivity contribution < 1.29 is 13.2 Å². The molecular formula is C17H20N2O3S. The van der Waals surface area contributed by atoms with E-state index in [4.69, 9.17) is 0 Å². The molecule has 1 atom stereocenters. The van der Waals surface area contributed by atoms with Crippen LogP contribution in [0, 0.1) is 13.8 Å². The van der Waals surface area contributed by atoms with Crippen molar-refractivity contribution in [2.24, 2.45) is 0 Å². The van der Waals surface area contributed by atoms with Crippen molar-refractivity contribution in [3.63, 3.8) is 0 Å². The molecule has 5 nitrogen and oxygen atoms in total. The quantitative estimate of drug-likeness (QED) is 0.884. The molecule has 0 saturated heterocycles. The first-order chi connectivity index (χ1) is 10.8. The Labute approximate surface area is 136 Å². The standard InChI is InChI=1S/C17H20N2O3S/c1-12-9-13(2)11-15(10-12)18-17(20)14(3)19-23(21,22)16-7-5-4-6-8-16/h4-11,14,19H,1-3H3,(H,18,20)/t14-/m1/s1.